The van der Waals surface area contributed by atoms with Crippen LogP contribution in [0.2, 0.25) is 0 Å². The molecule has 1 atom stereocenters. The van der Waals surface area contributed by atoms with Gasteiger partial charge in [-0.2, -0.15) is 8.42 Å². The topological polar surface area (TPSA) is 46.6 Å². The maximum Gasteiger partial charge on any atom is 0.298 e. The Morgan fingerprint density at radius 3 is 2.57 bits per heavy atom. The van der Waals surface area contributed by atoms with E-state index in [4.69, 9.17) is 4.18 Å². The van der Waals surface area contributed by atoms with Crippen molar-refractivity contribution in [2.75, 3.05) is 13.1 Å². The molecular weight excluding hydrogens is 300 g/mol. The van der Waals surface area contributed by atoms with Gasteiger partial charge in [0.2, 0.25) is 0 Å². The maximum absolute atomic E-state index is 12.5. The highest BCUT2D eigenvalue weighted by molar-refractivity contribution is 7.86. The lowest BCUT2D eigenvalue weighted by Gasteiger charge is -2.34. The van der Waals surface area contributed by atoms with E-state index in [1.807, 2.05) is 6.92 Å². The minimum Gasteiger partial charge on any atom is -0.271 e. The molecule has 1 aromatic carbocycles. The summed E-state index contributed by atoms with van der Waals surface area (Å²) in [5, 5.41) is 0. The van der Waals surface area contributed by atoms with E-state index < -0.39 is 29.3 Å². The van der Waals surface area contributed by atoms with Gasteiger partial charge in [-0.25, -0.2) is 13.0 Å². The van der Waals surface area contributed by atoms with Crippen molar-refractivity contribution in [2.24, 2.45) is 0 Å². The predicted octanol–water partition coefficient (Wildman–Crippen LogP) is 2.78. The molecule has 0 aromatic heterocycles. The van der Waals surface area contributed by atoms with E-state index in [-0.39, 0.29) is 4.90 Å². The Balaban J connectivity index is 2.12. The number of aryl methyl sites for hydroxylation is 1. The minimum atomic E-state index is -3.93. The number of rotatable bonds is 5. The van der Waals surface area contributed by atoms with Crippen LogP contribution in [0.3, 0.4) is 0 Å². The maximum atomic E-state index is 12.5. The van der Waals surface area contributed by atoms with E-state index in [0.29, 0.717) is 13.0 Å². The average molecular weight is 319 g/mol. The highest BCUT2D eigenvalue weighted by Crippen LogP contribution is 2.23. The molecule has 1 fully saturated rings. The number of hydrogen-bond donors (Lipinski definition) is 0. The van der Waals surface area contributed by atoms with E-state index >= 15 is 0 Å². The van der Waals surface area contributed by atoms with Crippen LogP contribution < -0.4 is 0 Å². The van der Waals surface area contributed by atoms with Crippen LogP contribution in [-0.2, 0) is 14.3 Å². The van der Waals surface area contributed by atoms with Crippen molar-refractivity contribution < 1.29 is 21.4 Å². The molecule has 1 aromatic rings. The lowest BCUT2D eigenvalue weighted by molar-refractivity contribution is -0.0331. The Bertz CT molecular complexity index is 560. The van der Waals surface area contributed by atoms with E-state index in [0.717, 1.165) is 18.4 Å². The van der Waals surface area contributed by atoms with E-state index in [1.165, 1.54) is 17.0 Å². The third-order valence-electron chi connectivity index (χ3n) is 3.47. The van der Waals surface area contributed by atoms with Gasteiger partial charge in [0.05, 0.1) is 11.4 Å². The second kappa shape index (κ2) is 6.81. The first kappa shape index (κ1) is 16.3. The molecule has 1 aliphatic heterocycles. The van der Waals surface area contributed by atoms with Gasteiger partial charge >= 0.3 is 0 Å². The molecule has 0 amide bonds. The Morgan fingerprint density at radius 1 is 1.29 bits per heavy atom. The quantitative estimate of drug-likeness (QED) is 0.783. The van der Waals surface area contributed by atoms with Gasteiger partial charge in [0.25, 0.3) is 16.5 Å². The molecule has 0 spiro atoms. The number of nitrogens with zero attached hydrogens (tertiary/aromatic N) is 1. The Hall–Kier alpha value is -1.05. The Kier molecular flexibility index (Phi) is 5.29. The second-order valence-electron chi connectivity index (χ2n) is 5.20. The molecule has 1 saturated heterocycles. The van der Waals surface area contributed by atoms with Crippen LogP contribution >= 0.6 is 0 Å². The van der Waals surface area contributed by atoms with Crippen LogP contribution in [0.25, 0.3) is 0 Å². The van der Waals surface area contributed by atoms with Gasteiger partial charge in [-0.05, 0) is 38.3 Å². The molecule has 21 heavy (non-hydrogen) atoms. The lowest BCUT2D eigenvalue weighted by Crippen LogP contribution is -2.44. The van der Waals surface area contributed by atoms with Crippen molar-refractivity contribution in [3.8, 4) is 0 Å². The number of piperidine rings is 1. The van der Waals surface area contributed by atoms with Gasteiger partial charge in [0.1, 0.15) is 6.23 Å². The normalized spacial score (nSPS) is 20.9. The van der Waals surface area contributed by atoms with Crippen LogP contribution in [0.15, 0.2) is 29.2 Å². The number of benzene rings is 1. The number of alkyl halides is 2. The summed E-state index contributed by atoms with van der Waals surface area (Å²) < 4.78 is 54.7. The Labute approximate surface area is 123 Å². The molecule has 0 bridgehead atoms. The van der Waals surface area contributed by atoms with Crippen molar-refractivity contribution in [3.05, 3.63) is 29.8 Å². The fraction of sp³-hybridized carbons (Fsp3) is 0.571. The van der Waals surface area contributed by atoms with Crippen molar-refractivity contribution in [3.63, 3.8) is 0 Å². The summed E-state index contributed by atoms with van der Waals surface area (Å²) in [7, 11) is -3.93. The Morgan fingerprint density at radius 2 is 1.95 bits per heavy atom. The summed E-state index contributed by atoms with van der Waals surface area (Å²) in [4.78, 5) is 1.45. The monoisotopic (exact) mass is 319 g/mol. The highest BCUT2D eigenvalue weighted by Gasteiger charge is 2.30. The zero-order valence-corrected chi connectivity index (χ0v) is 12.7. The van der Waals surface area contributed by atoms with Crippen LogP contribution in [0, 0.1) is 6.92 Å². The van der Waals surface area contributed by atoms with Crippen LogP contribution in [-0.4, -0.2) is 39.1 Å². The standard InChI is InChI=1S/C14H19F2NO3S/c1-11-5-7-12(8-6-11)21(18,19)20-14-4-2-3-9-17(14)10-13(15)16/h5-8,13-14H,2-4,9-10H2,1H3. The molecule has 118 valence electrons. The van der Waals surface area contributed by atoms with Gasteiger partial charge in [-0.3, -0.25) is 4.90 Å². The minimum absolute atomic E-state index is 0.0515. The molecule has 0 radical (unpaired) electrons. The zero-order chi connectivity index (χ0) is 15.5. The SMILES string of the molecule is Cc1ccc(S(=O)(=O)OC2CCCCN2CC(F)F)cc1. The zero-order valence-electron chi connectivity index (χ0n) is 11.8. The van der Waals surface area contributed by atoms with Gasteiger partial charge in [0, 0.05) is 6.54 Å². The predicted molar refractivity (Wildman–Crippen MR) is 74.7 cm³/mol. The second-order valence-corrected chi connectivity index (χ2v) is 6.77. The van der Waals surface area contributed by atoms with Crippen molar-refractivity contribution in [2.45, 2.75) is 43.7 Å². The number of hydrogen-bond acceptors (Lipinski definition) is 4. The average Bonchev–Trinajstić information content (AvgIpc) is 2.40. The fourth-order valence-electron chi connectivity index (χ4n) is 2.36. The molecule has 1 heterocycles. The molecule has 0 aliphatic carbocycles. The largest absolute Gasteiger partial charge is 0.298 e. The van der Waals surface area contributed by atoms with Gasteiger partial charge in [0.15, 0.2) is 0 Å². The third kappa shape index (κ3) is 4.46. The molecule has 1 aliphatic rings. The van der Waals surface area contributed by atoms with Gasteiger partial charge in [-0.1, -0.05) is 17.7 Å². The first-order valence-corrected chi connectivity index (χ1v) is 8.31. The summed E-state index contributed by atoms with van der Waals surface area (Å²) >= 11 is 0. The highest BCUT2D eigenvalue weighted by atomic mass is 32.2. The summed E-state index contributed by atoms with van der Waals surface area (Å²) in [5.41, 5.74) is 0.936. The molecular formula is C14H19F2NO3S. The van der Waals surface area contributed by atoms with Crippen molar-refractivity contribution in [1.29, 1.82) is 0 Å². The first-order valence-electron chi connectivity index (χ1n) is 6.90. The summed E-state index contributed by atoms with van der Waals surface area (Å²) in [6, 6.07) is 6.28. The van der Waals surface area contributed by atoms with Crippen molar-refractivity contribution >= 4 is 10.1 Å². The molecule has 0 saturated carbocycles. The van der Waals surface area contributed by atoms with Crippen LogP contribution in [0.1, 0.15) is 24.8 Å². The molecule has 0 N–H and O–H groups in total. The molecule has 7 heteroatoms. The van der Waals surface area contributed by atoms with Gasteiger partial charge < -0.3 is 0 Å². The summed E-state index contributed by atoms with van der Waals surface area (Å²) in [6.45, 7) is 1.81. The van der Waals surface area contributed by atoms with E-state index in [2.05, 4.69) is 0 Å². The lowest BCUT2D eigenvalue weighted by atomic mass is 10.1. The van der Waals surface area contributed by atoms with E-state index in [9.17, 15) is 17.2 Å². The van der Waals surface area contributed by atoms with Crippen LogP contribution in [0.4, 0.5) is 8.78 Å². The first-order chi connectivity index (χ1) is 9.88. The number of likely N-dealkylation sites (tertiary alicyclic amines) is 1. The molecule has 1 unspecified atom stereocenters. The fourth-order valence-corrected chi connectivity index (χ4v) is 3.45. The third-order valence-corrected chi connectivity index (χ3v) is 4.80. The van der Waals surface area contributed by atoms with Crippen LogP contribution in [0.5, 0.6) is 0 Å². The summed E-state index contributed by atoms with van der Waals surface area (Å²) in [5.74, 6) is 0. The van der Waals surface area contributed by atoms with E-state index in [1.54, 1.807) is 12.1 Å². The summed E-state index contributed by atoms with van der Waals surface area (Å²) in [6.07, 6.45) is -1.32. The van der Waals surface area contributed by atoms with Crippen molar-refractivity contribution in [1.82, 2.24) is 4.90 Å². The molecule has 4 nitrogen and oxygen atoms in total. The molecule has 2 rings (SSSR count). The smallest absolute Gasteiger partial charge is 0.271 e. The van der Waals surface area contributed by atoms with Gasteiger partial charge in [-0.15, -0.1) is 0 Å². The number of halogens is 2.